The Balaban J connectivity index is 4.51. The molecule has 0 aromatic carbocycles. The molecule has 1 unspecified atom stereocenters. The Morgan fingerprint density at radius 1 is 1.50 bits per heavy atom. The Morgan fingerprint density at radius 2 is 2.00 bits per heavy atom. The van der Waals surface area contributed by atoms with E-state index in [1.807, 2.05) is 0 Å². The predicted octanol–water partition coefficient (Wildman–Crippen LogP) is 0.693. The number of hydrogen-bond donors (Lipinski definition) is 2. The summed E-state index contributed by atoms with van der Waals surface area (Å²) in [7, 11) is -4.21. The smallest absolute Gasteiger partial charge is 0.286 e. The van der Waals surface area contributed by atoms with Crippen molar-refractivity contribution in [2.45, 2.75) is 32.6 Å². The molecule has 0 bridgehead atoms. The molecule has 5 nitrogen and oxygen atoms in total. The van der Waals surface area contributed by atoms with Gasteiger partial charge in [-0.2, -0.15) is 8.42 Å². The Labute approximate surface area is 83.9 Å². The molecular weight excluding hydrogens is 206 g/mol. The molecule has 0 aromatic heterocycles. The van der Waals surface area contributed by atoms with E-state index in [9.17, 15) is 13.2 Å². The van der Waals surface area contributed by atoms with Gasteiger partial charge in [-0.1, -0.05) is 12.5 Å². The summed E-state index contributed by atoms with van der Waals surface area (Å²) in [5.41, 5.74) is 0.757. The quantitative estimate of drug-likeness (QED) is 0.540. The third-order valence-corrected chi connectivity index (χ3v) is 2.62. The van der Waals surface area contributed by atoms with Crippen LogP contribution >= 0.6 is 0 Å². The van der Waals surface area contributed by atoms with E-state index in [0.717, 1.165) is 5.57 Å². The number of amides is 1. The molecule has 1 atom stereocenters. The summed E-state index contributed by atoms with van der Waals surface area (Å²) in [4.78, 5) is 11.1. The summed E-state index contributed by atoms with van der Waals surface area (Å²) in [6, 6.07) is 0. The largest absolute Gasteiger partial charge is 0.334 e. The molecule has 0 radical (unpaired) electrons. The van der Waals surface area contributed by atoms with Crippen LogP contribution < -0.4 is 5.32 Å². The maximum atomic E-state index is 11.1. The Kier molecular flexibility index (Phi) is 4.79. The van der Waals surface area contributed by atoms with Crippen molar-refractivity contribution in [1.82, 2.24) is 5.32 Å². The number of carbonyl (C=O) groups excluding carboxylic acids is 1. The fourth-order valence-electron chi connectivity index (χ4n) is 0.850. The first-order valence-corrected chi connectivity index (χ1v) is 5.69. The average molecular weight is 221 g/mol. The van der Waals surface area contributed by atoms with E-state index < -0.39 is 21.4 Å². The molecule has 1 amide bonds. The molecule has 0 spiro atoms. The van der Waals surface area contributed by atoms with Crippen molar-refractivity contribution in [2.24, 2.45) is 0 Å². The summed E-state index contributed by atoms with van der Waals surface area (Å²) >= 11 is 0. The molecule has 0 aliphatic heterocycles. The highest BCUT2D eigenvalue weighted by atomic mass is 32.2. The van der Waals surface area contributed by atoms with Gasteiger partial charge < -0.3 is 5.32 Å². The first-order valence-electron chi connectivity index (χ1n) is 4.19. The number of hydrogen-bond acceptors (Lipinski definition) is 3. The van der Waals surface area contributed by atoms with E-state index in [-0.39, 0.29) is 6.42 Å². The molecule has 0 rings (SSSR count). The van der Waals surface area contributed by atoms with E-state index in [0.29, 0.717) is 0 Å². The fraction of sp³-hybridized carbons (Fsp3) is 0.625. The highest BCUT2D eigenvalue weighted by Crippen LogP contribution is 2.00. The highest BCUT2D eigenvalue weighted by molar-refractivity contribution is 7.86. The van der Waals surface area contributed by atoms with Gasteiger partial charge in [0.1, 0.15) is 0 Å². The summed E-state index contributed by atoms with van der Waals surface area (Å²) in [6.45, 7) is 4.99. The summed E-state index contributed by atoms with van der Waals surface area (Å²) < 4.78 is 30.1. The molecule has 0 saturated heterocycles. The monoisotopic (exact) mass is 221 g/mol. The zero-order valence-corrected chi connectivity index (χ0v) is 9.26. The lowest BCUT2D eigenvalue weighted by Gasteiger charge is -2.11. The lowest BCUT2D eigenvalue weighted by atomic mass is 10.3. The van der Waals surface area contributed by atoms with E-state index in [1.165, 1.54) is 6.08 Å². The van der Waals surface area contributed by atoms with Crippen molar-refractivity contribution in [3.05, 3.63) is 11.6 Å². The van der Waals surface area contributed by atoms with Crippen LogP contribution in [0, 0.1) is 0 Å². The fourth-order valence-corrected chi connectivity index (χ4v) is 1.54. The van der Waals surface area contributed by atoms with Crippen molar-refractivity contribution < 1.29 is 17.8 Å². The molecule has 14 heavy (non-hydrogen) atoms. The van der Waals surface area contributed by atoms with Gasteiger partial charge in [0.05, 0.1) is 0 Å². The van der Waals surface area contributed by atoms with Crippen LogP contribution in [0.1, 0.15) is 27.2 Å². The molecule has 0 fully saturated rings. The molecular formula is C8H15NO4S. The van der Waals surface area contributed by atoms with Crippen molar-refractivity contribution >= 4 is 16.0 Å². The third-order valence-electron chi connectivity index (χ3n) is 1.45. The van der Waals surface area contributed by atoms with Gasteiger partial charge in [-0.25, -0.2) is 0 Å². The SMILES string of the molecule is CCC(NC(=O)C=C(C)C)S(=O)(=O)O. The average Bonchev–Trinajstić information content (AvgIpc) is 1.96. The van der Waals surface area contributed by atoms with Gasteiger partial charge in [0.15, 0.2) is 5.37 Å². The summed E-state index contributed by atoms with van der Waals surface area (Å²) in [5.74, 6) is -0.519. The van der Waals surface area contributed by atoms with Gasteiger partial charge >= 0.3 is 0 Å². The van der Waals surface area contributed by atoms with E-state index in [4.69, 9.17) is 4.55 Å². The molecule has 6 heteroatoms. The zero-order valence-electron chi connectivity index (χ0n) is 8.44. The second-order valence-electron chi connectivity index (χ2n) is 3.14. The molecule has 0 aromatic rings. The number of allylic oxidation sites excluding steroid dienone is 1. The maximum Gasteiger partial charge on any atom is 0.286 e. The van der Waals surface area contributed by atoms with Gasteiger partial charge in [-0.15, -0.1) is 0 Å². The van der Waals surface area contributed by atoms with E-state index in [2.05, 4.69) is 5.32 Å². The van der Waals surface area contributed by atoms with Gasteiger partial charge in [-0.05, 0) is 20.3 Å². The number of nitrogens with one attached hydrogen (secondary N) is 1. The Bertz CT molecular complexity index is 327. The normalized spacial score (nSPS) is 13.1. The standard InChI is InChI=1S/C8H15NO4S/c1-4-8(14(11,12)13)9-7(10)5-6(2)3/h5,8H,4H2,1-3H3,(H,9,10)(H,11,12,13). The van der Waals surface area contributed by atoms with Crippen LogP contribution in [0.4, 0.5) is 0 Å². The molecule has 82 valence electrons. The van der Waals surface area contributed by atoms with Crippen LogP contribution in [0.2, 0.25) is 0 Å². The second-order valence-corrected chi connectivity index (χ2v) is 4.74. The zero-order chi connectivity index (χ0) is 11.4. The van der Waals surface area contributed by atoms with E-state index >= 15 is 0 Å². The van der Waals surface area contributed by atoms with Gasteiger partial charge in [0, 0.05) is 6.08 Å². The van der Waals surface area contributed by atoms with Crippen LogP contribution in [-0.2, 0) is 14.9 Å². The van der Waals surface area contributed by atoms with Gasteiger partial charge in [0.25, 0.3) is 10.1 Å². The minimum absolute atomic E-state index is 0.126. The molecule has 2 N–H and O–H groups in total. The maximum absolute atomic E-state index is 11.1. The van der Waals surface area contributed by atoms with Crippen molar-refractivity contribution in [3.8, 4) is 0 Å². The minimum atomic E-state index is -4.21. The molecule has 0 aliphatic rings. The van der Waals surface area contributed by atoms with Gasteiger partial charge in [0.2, 0.25) is 5.91 Å². The Hall–Kier alpha value is -0.880. The van der Waals surface area contributed by atoms with Crippen LogP contribution in [-0.4, -0.2) is 24.3 Å². The summed E-state index contributed by atoms with van der Waals surface area (Å²) in [6.07, 6.45) is 1.40. The highest BCUT2D eigenvalue weighted by Gasteiger charge is 2.21. The third kappa shape index (κ3) is 4.98. The van der Waals surface area contributed by atoms with Crippen molar-refractivity contribution in [2.75, 3.05) is 0 Å². The Morgan fingerprint density at radius 3 is 2.29 bits per heavy atom. The molecule has 0 heterocycles. The summed E-state index contributed by atoms with van der Waals surface area (Å²) in [5, 5.41) is 0.954. The first-order chi connectivity index (χ1) is 6.27. The van der Waals surface area contributed by atoms with Crippen molar-refractivity contribution in [1.29, 1.82) is 0 Å². The number of rotatable bonds is 4. The first kappa shape index (κ1) is 13.1. The minimum Gasteiger partial charge on any atom is -0.334 e. The molecule has 0 saturated carbocycles. The topological polar surface area (TPSA) is 83.5 Å². The number of carbonyl (C=O) groups is 1. The predicted molar refractivity (Wildman–Crippen MR) is 53.2 cm³/mol. The molecule has 0 aliphatic carbocycles. The van der Waals surface area contributed by atoms with Gasteiger partial charge in [-0.3, -0.25) is 9.35 Å². The van der Waals surface area contributed by atoms with E-state index in [1.54, 1.807) is 20.8 Å². The lowest BCUT2D eigenvalue weighted by Crippen LogP contribution is -2.39. The van der Waals surface area contributed by atoms with Crippen molar-refractivity contribution in [3.63, 3.8) is 0 Å². The second kappa shape index (κ2) is 5.11. The van der Waals surface area contributed by atoms with Crippen LogP contribution in [0.25, 0.3) is 0 Å². The van der Waals surface area contributed by atoms with Crippen LogP contribution in [0.15, 0.2) is 11.6 Å². The lowest BCUT2D eigenvalue weighted by molar-refractivity contribution is -0.116. The van der Waals surface area contributed by atoms with Crippen LogP contribution in [0.3, 0.4) is 0 Å². The van der Waals surface area contributed by atoms with Crippen LogP contribution in [0.5, 0.6) is 0 Å².